The van der Waals surface area contributed by atoms with Crippen molar-refractivity contribution >= 4 is 29.4 Å². The smallest absolute Gasteiger partial charge is 0.374 e. The second-order valence-electron chi connectivity index (χ2n) is 13.0. The molecule has 248 valence electrons. The fourth-order valence-electron chi connectivity index (χ4n) is 6.77. The number of carbonyl (C=O) groups excluding carboxylic acids is 1. The lowest BCUT2D eigenvalue weighted by Gasteiger charge is -2.38. The summed E-state index contributed by atoms with van der Waals surface area (Å²) in [6, 6.07) is 9.38. The highest BCUT2D eigenvalue weighted by atomic mass is 19.4. The maximum Gasteiger partial charge on any atom is 0.419 e. The van der Waals surface area contributed by atoms with Crippen LogP contribution in [0, 0.1) is 6.92 Å². The zero-order valence-electron chi connectivity index (χ0n) is 27.4. The minimum atomic E-state index is -4.47. The van der Waals surface area contributed by atoms with E-state index in [0.717, 1.165) is 55.5 Å². The quantitative estimate of drug-likeness (QED) is 0.312. The number of fused-ring (bicyclic) bond motifs is 2. The molecule has 0 aliphatic carbocycles. The molecule has 3 aliphatic rings. The van der Waals surface area contributed by atoms with Crippen molar-refractivity contribution < 1.29 is 18.0 Å². The van der Waals surface area contributed by atoms with Gasteiger partial charge in [-0.3, -0.25) is 9.69 Å². The Labute approximate surface area is 269 Å². The molecule has 2 N–H and O–H groups in total. The molecular formula is C34H45F3N8O. The Bertz CT molecular complexity index is 1530. The predicted octanol–water partition coefficient (Wildman–Crippen LogP) is 5.84. The number of halogens is 3. The van der Waals surface area contributed by atoms with Crippen LogP contribution in [-0.4, -0.2) is 72.1 Å². The van der Waals surface area contributed by atoms with E-state index in [4.69, 9.17) is 0 Å². The normalized spacial score (nSPS) is 19.1. The van der Waals surface area contributed by atoms with E-state index in [1.807, 2.05) is 0 Å². The van der Waals surface area contributed by atoms with Crippen LogP contribution in [-0.2, 0) is 29.4 Å². The lowest BCUT2D eigenvalue weighted by Crippen LogP contribution is -2.37. The standard InChI is InChI=1S/C26H29F3N6.C8H16N2O/c1-16-31-21-15-35(24-20(26(27,28)29)6-5-11-30-24)12-9-18(21)23(32-16)33-17-7-8-19-22(14-17)34(4)13-10-25(19,2)3;1-2-10-5-3-4-8(10)6-9-7-11/h5-8,11,14H,9-10,12-13,15H2,1-4H3,(H,31,32,33);7-8H,2-6H2,1H3,(H,9,11). The molecule has 1 atom stereocenters. The summed E-state index contributed by atoms with van der Waals surface area (Å²) in [6.07, 6.45) is 1.84. The Kier molecular flexibility index (Phi) is 10.0. The number of alkyl halides is 3. The van der Waals surface area contributed by atoms with E-state index in [9.17, 15) is 18.0 Å². The summed E-state index contributed by atoms with van der Waals surface area (Å²) in [5.74, 6) is 1.22. The van der Waals surface area contributed by atoms with Crippen molar-refractivity contribution in [3.05, 3.63) is 64.7 Å². The number of aryl methyl sites for hydroxylation is 1. The molecule has 5 heterocycles. The number of hydrogen-bond acceptors (Lipinski definition) is 8. The Hall–Kier alpha value is -3.93. The summed E-state index contributed by atoms with van der Waals surface area (Å²) in [4.78, 5) is 29.6. The van der Waals surface area contributed by atoms with Gasteiger partial charge in [0.05, 0.1) is 17.8 Å². The third-order valence-electron chi connectivity index (χ3n) is 9.38. The van der Waals surface area contributed by atoms with Crippen LogP contribution in [0.3, 0.4) is 0 Å². The number of pyridine rings is 1. The SMILES string of the molecule is CCN1CCCC1CNC=O.Cc1nc2c(c(Nc3ccc4c(c3)N(C)CCC4(C)C)n1)CCN(c1ncccc1C(F)(F)F)C2. The van der Waals surface area contributed by atoms with Crippen LogP contribution < -0.4 is 20.4 Å². The molecule has 1 aromatic carbocycles. The molecule has 1 unspecified atom stereocenters. The van der Waals surface area contributed by atoms with Gasteiger partial charge in [0.15, 0.2) is 0 Å². The summed E-state index contributed by atoms with van der Waals surface area (Å²) in [7, 11) is 2.11. The van der Waals surface area contributed by atoms with E-state index in [1.54, 1.807) is 11.8 Å². The second-order valence-corrected chi connectivity index (χ2v) is 13.0. The number of carbonyl (C=O) groups is 1. The van der Waals surface area contributed by atoms with Gasteiger partial charge in [0.1, 0.15) is 17.5 Å². The lowest BCUT2D eigenvalue weighted by molar-refractivity contribution is -0.137. The van der Waals surface area contributed by atoms with Crippen molar-refractivity contribution in [1.29, 1.82) is 0 Å². The molecule has 6 rings (SSSR count). The first kappa shape index (κ1) is 33.4. The van der Waals surface area contributed by atoms with Gasteiger partial charge in [-0.05, 0) is 80.9 Å². The van der Waals surface area contributed by atoms with Gasteiger partial charge in [-0.1, -0.05) is 26.8 Å². The first-order chi connectivity index (χ1) is 21.9. The number of benzene rings is 1. The molecule has 0 bridgehead atoms. The summed E-state index contributed by atoms with van der Waals surface area (Å²) in [5.41, 5.74) is 4.50. The maximum atomic E-state index is 13.6. The fourth-order valence-corrected chi connectivity index (χ4v) is 6.77. The van der Waals surface area contributed by atoms with Gasteiger partial charge in [-0.25, -0.2) is 15.0 Å². The van der Waals surface area contributed by atoms with Crippen molar-refractivity contribution in [2.75, 3.05) is 54.9 Å². The number of aromatic nitrogens is 3. The van der Waals surface area contributed by atoms with Gasteiger partial charge in [0.25, 0.3) is 0 Å². The van der Waals surface area contributed by atoms with E-state index < -0.39 is 11.7 Å². The number of anilines is 4. The molecule has 9 nitrogen and oxygen atoms in total. The highest BCUT2D eigenvalue weighted by molar-refractivity contribution is 5.70. The van der Waals surface area contributed by atoms with Gasteiger partial charge < -0.3 is 20.4 Å². The van der Waals surface area contributed by atoms with Crippen molar-refractivity contribution in [2.24, 2.45) is 0 Å². The van der Waals surface area contributed by atoms with E-state index in [0.29, 0.717) is 30.6 Å². The van der Waals surface area contributed by atoms with Crippen molar-refractivity contribution in [3.8, 4) is 0 Å². The molecular weight excluding hydrogens is 593 g/mol. The average molecular weight is 639 g/mol. The zero-order valence-corrected chi connectivity index (χ0v) is 27.4. The maximum absolute atomic E-state index is 13.6. The minimum Gasteiger partial charge on any atom is -0.374 e. The van der Waals surface area contributed by atoms with Gasteiger partial charge in [-0.15, -0.1) is 0 Å². The van der Waals surface area contributed by atoms with Gasteiger partial charge in [-0.2, -0.15) is 13.2 Å². The number of rotatable bonds is 7. The van der Waals surface area contributed by atoms with E-state index in [2.05, 4.69) is 81.4 Å². The van der Waals surface area contributed by atoms with Crippen LogP contribution >= 0.6 is 0 Å². The van der Waals surface area contributed by atoms with Crippen LogP contribution in [0.5, 0.6) is 0 Å². The molecule has 3 aromatic rings. The first-order valence-electron chi connectivity index (χ1n) is 16.1. The zero-order chi connectivity index (χ0) is 33.1. The first-order valence-corrected chi connectivity index (χ1v) is 16.1. The third-order valence-corrected chi connectivity index (χ3v) is 9.38. The number of likely N-dealkylation sites (N-methyl/N-ethyl adjacent to an activating group) is 1. The van der Waals surface area contributed by atoms with E-state index >= 15 is 0 Å². The molecule has 0 saturated carbocycles. The van der Waals surface area contributed by atoms with Crippen LogP contribution in [0.15, 0.2) is 36.5 Å². The minimum absolute atomic E-state index is 0.0586. The average Bonchev–Trinajstić information content (AvgIpc) is 3.49. The Morgan fingerprint density at radius 2 is 1.93 bits per heavy atom. The van der Waals surface area contributed by atoms with E-state index in [-0.39, 0.29) is 17.8 Å². The van der Waals surface area contributed by atoms with Gasteiger partial charge in [0, 0.05) is 55.9 Å². The molecule has 1 saturated heterocycles. The molecule has 46 heavy (non-hydrogen) atoms. The summed E-state index contributed by atoms with van der Waals surface area (Å²) < 4.78 is 40.7. The third kappa shape index (κ3) is 7.37. The molecule has 0 spiro atoms. The molecule has 3 aliphatic heterocycles. The summed E-state index contributed by atoms with van der Waals surface area (Å²) in [5, 5.41) is 6.20. The van der Waals surface area contributed by atoms with Crippen LogP contribution in [0.2, 0.25) is 0 Å². The summed E-state index contributed by atoms with van der Waals surface area (Å²) in [6.45, 7) is 13.3. The number of amides is 1. The molecule has 1 amide bonds. The lowest BCUT2D eigenvalue weighted by atomic mass is 9.78. The van der Waals surface area contributed by atoms with Gasteiger partial charge in [0.2, 0.25) is 6.41 Å². The fraction of sp³-hybridized carbons (Fsp3) is 0.529. The molecule has 12 heteroatoms. The number of nitrogens with one attached hydrogen (secondary N) is 2. The van der Waals surface area contributed by atoms with Crippen LogP contribution in [0.25, 0.3) is 0 Å². The highest BCUT2D eigenvalue weighted by Crippen LogP contribution is 2.41. The number of likely N-dealkylation sites (tertiary alicyclic amines) is 1. The number of hydrogen-bond donors (Lipinski definition) is 2. The molecule has 1 fully saturated rings. The van der Waals surface area contributed by atoms with Crippen LogP contribution in [0.1, 0.15) is 68.2 Å². The number of nitrogens with zero attached hydrogens (tertiary/aromatic N) is 6. The Morgan fingerprint density at radius 3 is 2.67 bits per heavy atom. The Morgan fingerprint density at radius 1 is 1.13 bits per heavy atom. The summed E-state index contributed by atoms with van der Waals surface area (Å²) >= 11 is 0. The topological polar surface area (TPSA) is 89.5 Å². The van der Waals surface area contributed by atoms with E-state index in [1.165, 1.54) is 42.9 Å². The highest BCUT2D eigenvalue weighted by Gasteiger charge is 2.37. The van der Waals surface area contributed by atoms with Crippen molar-refractivity contribution in [2.45, 2.75) is 77.6 Å². The Balaban J connectivity index is 0.000000322. The monoisotopic (exact) mass is 638 g/mol. The molecule has 0 radical (unpaired) electrons. The largest absolute Gasteiger partial charge is 0.419 e. The van der Waals surface area contributed by atoms with Crippen LogP contribution in [0.4, 0.5) is 36.2 Å². The van der Waals surface area contributed by atoms with Gasteiger partial charge >= 0.3 is 6.18 Å². The predicted molar refractivity (Wildman–Crippen MR) is 176 cm³/mol. The molecule has 2 aromatic heterocycles. The second kappa shape index (κ2) is 13.8. The van der Waals surface area contributed by atoms with Crippen molar-refractivity contribution in [3.63, 3.8) is 0 Å². The van der Waals surface area contributed by atoms with Crippen molar-refractivity contribution in [1.82, 2.24) is 25.2 Å².